The molecule has 1 N–H and O–H groups in total. The van der Waals surface area contributed by atoms with Crippen LogP contribution in [0.4, 0.5) is 0 Å². The van der Waals surface area contributed by atoms with Crippen LogP contribution < -0.4 is 0 Å². The largest absolute Gasteiger partial charge is 0.481 e. The molecule has 0 heterocycles. The number of carboxylic acids is 1. The lowest BCUT2D eigenvalue weighted by molar-refractivity contribution is -0.150. The molecule has 0 saturated heterocycles. The summed E-state index contributed by atoms with van der Waals surface area (Å²) in [5.41, 5.74) is 0.942. The maximum Gasteiger partial charge on any atom is 0.337 e. The smallest absolute Gasteiger partial charge is 0.337 e. The highest BCUT2D eigenvalue weighted by atomic mass is 16.5. The molecule has 0 unspecified atom stereocenters. The molecule has 1 fully saturated rings. The van der Waals surface area contributed by atoms with Crippen LogP contribution in [0.5, 0.6) is 0 Å². The van der Waals surface area contributed by atoms with Gasteiger partial charge in [-0.1, -0.05) is 25.0 Å². The number of carbonyl (C=O) groups excluding carboxylic acids is 1. The third kappa shape index (κ3) is 4.82. The summed E-state index contributed by atoms with van der Waals surface area (Å²) in [6, 6.07) is 7.40. The van der Waals surface area contributed by atoms with Crippen molar-refractivity contribution in [1.29, 1.82) is 0 Å². The first-order chi connectivity index (χ1) is 12.0. The van der Waals surface area contributed by atoms with E-state index in [0.717, 1.165) is 37.7 Å². The zero-order chi connectivity index (χ0) is 18.3. The molecule has 0 bridgehead atoms. The lowest BCUT2D eigenvalue weighted by Gasteiger charge is -2.31. The SMILES string of the molecule is COCCC[C@@]1(C(=O)O)CCCC[C@H](c2ccc(C(=O)OC)cc2)C1. The number of carboxylic acid groups (broad SMARTS) is 1. The molecule has 2 atom stereocenters. The molecule has 0 aromatic heterocycles. The van der Waals surface area contributed by atoms with Crippen molar-refractivity contribution in [2.45, 2.75) is 50.9 Å². The Balaban J connectivity index is 2.19. The molecule has 25 heavy (non-hydrogen) atoms. The van der Waals surface area contributed by atoms with E-state index in [2.05, 4.69) is 0 Å². The van der Waals surface area contributed by atoms with Crippen molar-refractivity contribution >= 4 is 11.9 Å². The number of benzene rings is 1. The Morgan fingerprint density at radius 2 is 1.92 bits per heavy atom. The van der Waals surface area contributed by atoms with Crippen molar-refractivity contribution in [1.82, 2.24) is 0 Å². The van der Waals surface area contributed by atoms with Gasteiger partial charge in [0.2, 0.25) is 0 Å². The summed E-state index contributed by atoms with van der Waals surface area (Å²) in [6.07, 6.45) is 5.73. The average molecular weight is 348 g/mol. The molecule has 5 nitrogen and oxygen atoms in total. The Morgan fingerprint density at radius 1 is 1.20 bits per heavy atom. The molecule has 0 amide bonds. The molecule has 1 aromatic rings. The molecule has 1 saturated carbocycles. The van der Waals surface area contributed by atoms with Crippen LogP contribution in [0.2, 0.25) is 0 Å². The molecule has 2 rings (SSSR count). The van der Waals surface area contributed by atoms with E-state index in [1.165, 1.54) is 7.11 Å². The Hall–Kier alpha value is -1.88. The summed E-state index contributed by atoms with van der Waals surface area (Å²) >= 11 is 0. The summed E-state index contributed by atoms with van der Waals surface area (Å²) < 4.78 is 9.84. The Kier molecular flexibility index (Phi) is 7.00. The monoisotopic (exact) mass is 348 g/mol. The number of carbonyl (C=O) groups is 2. The van der Waals surface area contributed by atoms with Gasteiger partial charge in [-0.25, -0.2) is 4.79 Å². The van der Waals surface area contributed by atoms with Gasteiger partial charge in [0.25, 0.3) is 0 Å². The third-order valence-electron chi connectivity index (χ3n) is 5.36. The predicted molar refractivity (Wildman–Crippen MR) is 94.8 cm³/mol. The van der Waals surface area contributed by atoms with Crippen molar-refractivity contribution < 1.29 is 24.2 Å². The van der Waals surface area contributed by atoms with E-state index in [0.29, 0.717) is 25.0 Å². The molecule has 5 heteroatoms. The third-order valence-corrected chi connectivity index (χ3v) is 5.36. The summed E-state index contributed by atoms with van der Waals surface area (Å²) in [7, 11) is 3.01. The van der Waals surface area contributed by atoms with Crippen LogP contribution in [0.3, 0.4) is 0 Å². The molecule has 0 radical (unpaired) electrons. The Morgan fingerprint density at radius 3 is 2.52 bits per heavy atom. The van der Waals surface area contributed by atoms with Crippen molar-refractivity contribution in [2.75, 3.05) is 20.8 Å². The highest BCUT2D eigenvalue weighted by molar-refractivity contribution is 5.89. The topological polar surface area (TPSA) is 72.8 Å². The van der Waals surface area contributed by atoms with Gasteiger partial charge in [0.15, 0.2) is 0 Å². The molecular weight excluding hydrogens is 320 g/mol. The van der Waals surface area contributed by atoms with E-state index in [4.69, 9.17) is 9.47 Å². The first-order valence-corrected chi connectivity index (χ1v) is 8.93. The fourth-order valence-electron chi connectivity index (χ4n) is 3.91. The minimum Gasteiger partial charge on any atom is -0.481 e. The standard InChI is InChI=1S/C20H28O5/c1-24-13-5-12-20(19(22)23)11-4-3-6-17(14-20)15-7-9-16(10-8-15)18(21)25-2/h7-10,17H,3-6,11-14H2,1-2H3,(H,22,23)/t17-,20-/m0/s1. The van der Waals surface area contributed by atoms with Crippen molar-refractivity contribution in [3.8, 4) is 0 Å². The normalized spacial score (nSPS) is 23.7. The van der Waals surface area contributed by atoms with Gasteiger partial charge in [0, 0.05) is 13.7 Å². The summed E-state index contributed by atoms with van der Waals surface area (Å²) in [5.74, 6) is -0.846. The molecule has 1 aliphatic carbocycles. The molecule has 1 aromatic carbocycles. The Labute approximate surface area is 149 Å². The van der Waals surface area contributed by atoms with Gasteiger partial charge in [-0.2, -0.15) is 0 Å². The second kappa shape index (κ2) is 8.99. The van der Waals surface area contributed by atoms with Gasteiger partial charge in [0.1, 0.15) is 0 Å². The number of methoxy groups -OCH3 is 2. The minimum atomic E-state index is -0.693. The first kappa shape index (κ1) is 19.4. The van der Waals surface area contributed by atoms with Gasteiger partial charge in [0.05, 0.1) is 18.1 Å². The average Bonchev–Trinajstić information content (AvgIpc) is 2.85. The predicted octanol–water partition coefficient (Wildman–Crippen LogP) is 4.02. The van der Waals surface area contributed by atoms with Gasteiger partial charge in [-0.05, 0) is 55.7 Å². The second-order valence-corrected chi connectivity index (χ2v) is 6.94. The highest BCUT2D eigenvalue weighted by Crippen LogP contribution is 2.45. The van der Waals surface area contributed by atoms with Gasteiger partial charge >= 0.3 is 11.9 Å². The van der Waals surface area contributed by atoms with Gasteiger partial charge < -0.3 is 14.6 Å². The summed E-state index contributed by atoms with van der Waals surface area (Å²) in [6.45, 7) is 0.591. The van der Waals surface area contributed by atoms with Crippen LogP contribution in [0.25, 0.3) is 0 Å². The number of ether oxygens (including phenoxy) is 2. The van der Waals surface area contributed by atoms with Crippen LogP contribution in [-0.4, -0.2) is 37.9 Å². The van der Waals surface area contributed by atoms with E-state index in [1.807, 2.05) is 12.1 Å². The van der Waals surface area contributed by atoms with Gasteiger partial charge in [-0.15, -0.1) is 0 Å². The molecule has 0 aliphatic heterocycles. The van der Waals surface area contributed by atoms with Crippen LogP contribution in [-0.2, 0) is 14.3 Å². The van der Waals surface area contributed by atoms with Crippen LogP contribution >= 0.6 is 0 Å². The van der Waals surface area contributed by atoms with E-state index in [9.17, 15) is 14.7 Å². The minimum absolute atomic E-state index is 0.202. The number of rotatable bonds is 7. The van der Waals surface area contributed by atoms with E-state index in [-0.39, 0.29) is 11.9 Å². The molecular formula is C20H28O5. The fraction of sp³-hybridized carbons (Fsp3) is 0.600. The number of esters is 1. The maximum absolute atomic E-state index is 12.1. The zero-order valence-corrected chi connectivity index (χ0v) is 15.1. The van der Waals surface area contributed by atoms with Crippen LogP contribution in [0, 0.1) is 5.41 Å². The maximum atomic E-state index is 12.1. The quantitative estimate of drug-likeness (QED) is 0.458. The lowest BCUT2D eigenvalue weighted by atomic mass is 9.72. The molecule has 1 aliphatic rings. The van der Waals surface area contributed by atoms with E-state index in [1.54, 1.807) is 19.2 Å². The fourth-order valence-corrected chi connectivity index (χ4v) is 3.91. The number of aliphatic carboxylic acids is 1. The van der Waals surface area contributed by atoms with Gasteiger partial charge in [-0.3, -0.25) is 4.79 Å². The first-order valence-electron chi connectivity index (χ1n) is 8.93. The van der Waals surface area contributed by atoms with Crippen molar-refractivity contribution in [3.05, 3.63) is 35.4 Å². The zero-order valence-electron chi connectivity index (χ0n) is 15.1. The van der Waals surface area contributed by atoms with E-state index < -0.39 is 11.4 Å². The lowest BCUT2D eigenvalue weighted by Crippen LogP contribution is -2.32. The van der Waals surface area contributed by atoms with E-state index >= 15 is 0 Å². The van der Waals surface area contributed by atoms with Crippen LogP contribution in [0.1, 0.15) is 66.8 Å². The Bertz CT molecular complexity index is 580. The number of hydrogen-bond acceptors (Lipinski definition) is 4. The summed E-state index contributed by atoms with van der Waals surface area (Å²) in [4.78, 5) is 23.7. The van der Waals surface area contributed by atoms with Crippen molar-refractivity contribution in [3.63, 3.8) is 0 Å². The van der Waals surface area contributed by atoms with Crippen molar-refractivity contribution in [2.24, 2.45) is 5.41 Å². The second-order valence-electron chi connectivity index (χ2n) is 6.94. The summed E-state index contributed by atoms with van der Waals surface area (Å²) in [5, 5.41) is 9.92. The number of hydrogen-bond donors (Lipinski definition) is 1. The highest BCUT2D eigenvalue weighted by Gasteiger charge is 2.41. The molecule has 0 spiro atoms. The van der Waals surface area contributed by atoms with Crippen LogP contribution in [0.15, 0.2) is 24.3 Å². The molecule has 138 valence electrons.